The largest absolute Gasteiger partial charge is 0.451 e. The van der Waals surface area contributed by atoms with Gasteiger partial charge >= 0.3 is 5.97 Å². The van der Waals surface area contributed by atoms with Gasteiger partial charge < -0.3 is 14.2 Å². The van der Waals surface area contributed by atoms with Crippen LogP contribution in [0.3, 0.4) is 0 Å². The summed E-state index contributed by atoms with van der Waals surface area (Å²) in [5.41, 5.74) is 2.47. The first-order chi connectivity index (χ1) is 13.1. The highest BCUT2D eigenvalue weighted by Gasteiger charge is 2.14. The van der Waals surface area contributed by atoms with Gasteiger partial charge in [-0.15, -0.1) is 0 Å². The third-order valence-corrected chi connectivity index (χ3v) is 4.32. The number of ether oxygens (including phenoxy) is 1. The molecular formula is C19H16N4O3S. The number of benzene rings is 1. The Morgan fingerprint density at radius 1 is 1.33 bits per heavy atom. The van der Waals surface area contributed by atoms with Crippen LogP contribution in [0, 0.1) is 11.3 Å². The lowest BCUT2D eigenvalue weighted by Crippen LogP contribution is -2.08. The van der Waals surface area contributed by atoms with Crippen LogP contribution >= 0.6 is 11.3 Å². The Labute approximate surface area is 160 Å². The molecule has 1 aromatic carbocycles. The van der Waals surface area contributed by atoms with E-state index in [2.05, 4.69) is 10.1 Å². The average Bonchev–Trinajstić information content (AvgIpc) is 3.36. The van der Waals surface area contributed by atoms with Gasteiger partial charge in [-0.1, -0.05) is 17.3 Å². The fraction of sp³-hybridized carbons (Fsp3) is 0.158. The van der Waals surface area contributed by atoms with Crippen molar-refractivity contribution in [3.05, 3.63) is 58.1 Å². The first-order valence-corrected chi connectivity index (χ1v) is 8.92. The van der Waals surface area contributed by atoms with E-state index in [1.165, 1.54) is 17.4 Å². The van der Waals surface area contributed by atoms with Gasteiger partial charge in [-0.25, -0.2) is 4.79 Å². The predicted molar refractivity (Wildman–Crippen MR) is 102 cm³/mol. The van der Waals surface area contributed by atoms with E-state index >= 15 is 0 Å². The molecule has 27 heavy (non-hydrogen) atoms. The van der Waals surface area contributed by atoms with Crippen molar-refractivity contribution in [1.82, 2.24) is 10.1 Å². The third kappa shape index (κ3) is 4.59. The molecule has 7 nitrogen and oxygen atoms in total. The van der Waals surface area contributed by atoms with Crippen LogP contribution in [0.15, 0.2) is 51.2 Å². The molecule has 0 unspecified atom stereocenters. The molecule has 0 aliphatic carbocycles. The molecule has 0 N–H and O–H groups in total. The van der Waals surface area contributed by atoms with Gasteiger partial charge in [-0.2, -0.15) is 21.6 Å². The van der Waals surface area contributed by atoms with Crippen LogP contribution < -0.4 is 4.90 Å². The van der Waals surface area contributed by atoms with Crippen LogP contribution in [0.25, 0.3) is 17.5 Å². The Kier molecular flexibility index (Phi) is 5.64. The summed E-state index contributed by atoms with van der Waals surface area (Å²) in [5, 5.41) is 16.9. The average molecular weight is 380 g/mol. The lowest BCUT2D eigenvalue weighted by Gasteiger charge is -2.11. The summed E-state index contributed by atoms with van der Waals surface area (Å²) >= 11 is 1.52. The van der Waals surface area contributed by atoms with E-state index in [1.54, 1.807) is 0 Å². The number of carbonyl (C=O) groups is 1. The van der Waals surface area contributed by atoms with Gasteiger partial charge in [-0.05, 0) is 35.2 Å². The number of anilines is 1. The molecule has 3 aromatic rings. The zero-order valence-corrected chi connectivity index (χ0v) is 15.6. The monoisotopic (exact) mass is 380 g/mol. The van der Waals surface area contributed by atoms with Crippen molar-refractivity contribution in [3.63, 3.8) is 0 Å². The molecule has 136 valence electrons. The lowest BCUT2D eigenvalue weighted by atomic mass is 10.1. The summed E-state index contributed by atoms with van der Waals surface area (Å²) in [6.07, 6.45) is 1.48. The van der Waals surface area contributed by atoms with E-state index < -0.39 is 5.97 Å². The molecule has 2 aromatic heterocycles. The fourth-order valence-corrected chi connectivity index (χ4v) is 2.83. The summed E-state index contributed by atoms with van der Waals surface area (Å²) in [7, 11) is 3.87. The van der Waals surface area contributed by atoms with Gasteiger partial charge in [0, 0.05) is 30.7 Å². The first kappa shape index (κ1) is 18.4. The molecule has 0 spiro atoms. The lowest BCUT2D eigenvalue weighted by molar-refractivity contribution is -0.140. The van der Waals surface area contributed by atoms with Crippen molar-refractivity contribution in [2.45, 2.75) is 6.61 Å². The molecule has 0 aliphatic heterocycles. The zero-order chi connectivity index (χ0) is 19.2. The number of rotatable bonds is 6. The number of nitriles is 1. The number of hydrogen-bond donors (Lipinski definition) is 0. The van der Waals surface area contributed by atoms with Crippen LogP contribution in [0.5, 0.6) is 0 Å². The van der Waals surface area contributed by atoms with Crippen molar-refractivity contribution >= 4 is 29.1 Å². The Morgan fingerprint density at radius 3 is 2.74 bits per heavy atom. The molecule has 3 rings (SSSR count). The summed E-state index contributed by atoms with van der Waals surface area (Å²) in [5.74, 6) is -0.152. The van der Waals surface area contributed by atoms with Crippen LogP contribution in [0.4, 0.5) is 5.69 Å². The summed E-state index contributed by atoms with van der Waals surface area (Å²) in [6.45, 7) is -0.200. The zero-order valence-electron chi connectivity index (χ0n) is 14.7. The summed E-state index contributed by atoms with van der Waals surface area (Å²) in [4.78, 5) is 18.3. The first-order valence-electron chi connectivity index (χ1n) is 7.98. The van der Waals surface area contributed by atoms with E-state index in [0.717, 1.165) is 16.8 Å². The van der Waals surface area contributed by atoms with Crippen molar-refractivity contribution < 1.29 is 14.1 Å². The second-order valence-electron chi connectivity index (χ2n) is 5.76. The van der Waals surface area contributed by atoms with Gasteiger partial charge in [0.05, 0.1) is 0 Å². The van der Waals surface area contributed by atoms with Crippen LogP contribution in [0.2, 0.25) is 0 Å². The number of aromatic nitrogens is 2. The Bertz CT molecular complexity index is 983. The normalized spacial score (nSPS) is 11.1. The minimum absolute atomic E-state index is 0.106. The van der Waals surface area contributed by atoms with E-state index in [1.807, 2.05) is 66.2 Å². The number of hydrogen-bond acceptors (Lipinski definition) is 8. The van der Waals surface area contributed by atoms with E-state index in [9.17, 15) is 10.1 Å². The van der Waals surface area contributed by atoms with E-state index in [-0.39, 0.29) is 18.1 Å². The van der Waals surface area contributed by atoms with Crippen molar-refractivity contribution in [2.75, 3.05) is 19.0 Å². The molecule has 0 atom stereocenters. The van der Waals surface area contributed by atoms with Crippen molar-refractivity contribution in [1.29, 1.82) is 5.26 Å². The van der Waals surface area contributed by atoms with Gasteiger partial charge in [0.15, 0.2) is 6.61 Å². The molecule has 0 bridgehead atoms. The fourth-order valence-electron chi connectivity index (χ4n) is 2.20. The Balaban J connectivity index is 1.64. The molecule has 2 heterocycles. The standard InChI is InChI=1S/C19H16N4O3S/c1-23(2)16-5-3-13(4-6-16)9-15(10-20)19(24)25-11-17-21-18(22-26-17)14-7-8-27-12-14/h3-9,12H,11H2,1-2H3/b15-9+. The number of esters is 1. The molecular weight excluding hydrogens is 364 g/mol. The predicted octanol–water partition coefficient (Wildman–Crippen LogP) is 3.51. The summed E-state index contributed by atoms with van der Waals surface area (Å²) in [6, 6.07) is 11.2. The molecule has 0 amide bonds. The topological polar surface area (TPSA) is 92.2 Å². The summed E-state index contributed by atoms with van der Waals surface area (Å²) < 4.78 is 10.2. The van der Waals surface area contributed by atoms with Crippen molar-refractivity contribution in [3.8, 4) is 17.5 Å². The minimum Gasteiger partial charge on any atom is -0.451 e. The smallest absolute Gasteiger partial charge is 0.349 e. The molecule has 0 saturated carbocycles. The number of nitrogens with zero attached hydrogens (tertiary/aromatic N) is 4. The van der Waals surface area contributed by atoms with Crippen LogP contribution in [-0.2, 0) is 16.1 Å². The minimum atomic E-state index is -0.746. The van der Waals surface area contributed by atoms with E-state index in [4.69, 9.17) is 9.26 Å². The highest BCUT2D eigenvalue weighted by atomic mass is 32.1. The van der Waals surface area contributed by atoms with Gasteiger partial charge in [0.1, 0.15) is 11.6 Å². The number of thiophene rings is 1. The highest BCUT2D eigenvalue weighted by Crippen LogP contribution is 2.19. The Hall–Kier alpha value is -3.44. The van der Waals surface area contributed by atoms with Gasteiger partial charge in [0.2, 0.25) is 5.82 Å². The van der Waals surface area contributed by atoms with Gasteiger partial charge in [0.25, 0.3) is 5.89 Å². The molecule has 8 heteroatoms. The second-order valence-corrected chi connectivity index (χ2v) is 6.54. The quantitative estimate of drug-likeness (QED) is 0.367. The number of carbonyl (C=O) groups excluding carboxylic acids is 1. The second kappa shape index (κ2) is 8.29. The maximum atomic E-state index is 12.2. The maximum absolute atomic E-state index is 12.2. The molecule has 0 fully saturated rings. The van der Waals surface area contributed by atoms with Gasteiger partial charge in [-0.3, -0.25) is 0 Å². The van der Waals surface area contributed by atoms with E-state index in [0.29, 0.717) is 5.82 Å². The van der Waals surface area contributed by atoms with Crippen LogP contribution in [0.1, 0.15) is 11.5 Å². The maximum Gasteiger partial charge on any atom is 0.349 e. The van der Waals surface area contributed by atoms with Crippen LogP contribution in [-0.4, -0.2) is 30.2 Å². The molecule has 0 aliphatic rings. The van der Waals surface area contributed by atoms with Crippen molar-refractivity contribution in [2.24, 2.45) is 0 Å². The third-order valence-electron chi connectivity index (χ3n) is 3.64. The molecule has 0 radical (unpaired) electrons. The molecule has 0 saturated heterocycles. The highest BCUT2D eigenvalue weighted by molar-refractivity contribution is 7.08. The Morgan fingerprint density at radius 2 is 2.11 bits per heavy atom. The SMILES string of the molecule is CN(C)c1ccc(/C=C(\C#N)C(=O)OCc2nc(-c3ccsc3)no2)cc1.